The number of ether oxygens (including phenoxy) is 1. The minimum Gasteiger partial charge on any atom is -0.481 e. The summed E-state index contributed by atoms with van der Waals surface area (Å²) in [5.41, 5.74) is 5.09. The van der Waals surface area contributed by atoms with E-state index >= 15 is 0 Å². The fourth-order valence-corrected chi connectivity index (χ4v) is 0.733. The fourth-order valence-electron chi connectivity index (χ4n) is 0.733. The van der Waals surface area contributed by atoms with Gasteiger partial charge in [-0.05, 0) is 6.92 Å². The van der Waals surface area contributed by atoms with Crippen LogP contribution in [0.2, 0.25) is 0 Å². The van der Waals surface area contributed by atoms with Crippen molar-refractivity contribution in [2.45, 2.75) is 32.0 Å². The molecule has 0 radical (unpaired) electrons. The van der Waals surface area contributed by atoms with Crippen LogP contribution in [0.3, 0.4) is 0 Å². The zero-order valence-corrected chi connectivity index (χ0v) is 12.1. The number of primary amides is 1. The van der Waals surface area contributed by atoms with Crippen molar-refractivity contribution < 1.29 is 49.1 Å². The minimum atomic E-state index is -2.06. The summed E-state index contributed by atoms with van der Waals surface area (Å²) >= 11 is 0. The molecular formula is C12H17NO10. The summed E-state index contributed by atoms with van der Waals surface area (Å²) in [7, 11) is 0. The Hall–Kier alpha value is -2.79. The number of hydrogen-bond donors (Lipinski definition) is 5. The van der Waals surface area contributed by atoms with E-state index in [1.807, 2.05) is 0 Å². The molecule has 0 rings (SSSR count). The fraction of sp³-hybridized carbons (Fsp3) is 0.417. The first-order valence-electron chi connectivity index (χ1n) is 5.89. The van der Waals surface area contributed by atoms with Gasteiger partial charge in [-0.1, -0.05) is 6.58 Å². The van der Waals surface area contributed by atoms with Crippen molar-refractivity contribution in [3.05, 3.63) is 12.2 Å². The summed E-state index contributed by atoms with van der Waals surface area (Å²) in [5.74, 6) is -6.56. The Balaban J connectivity index is 0. The van der Waals surface area contributed by atoms with Crippen LogP contribution in [-0.2, 0) is 28.7 Å². The molecule has 0 aliphatic heterocycles. The number of hydrogen-bond acceptors (Lipinski definition) is 8. The van der Waals surface area contributed by atoms with Gasteiger partial charge in [0, 0.05) is 5.57 Å². The van der Waals surface area contributed by atoms with Gasteiger partial charge in [0.25, 0.3) is 0 Å². The summed E-state index contributed by atoms with van der Waals surface area (Å²) < 4.78 is 3.87. The SMILES string of the molecule is C=C(C)C(N)=O.O=C(O)CC(O)C(=O)OC(=O)C(O)CC(=O)O. The second-order valence-corrected chi connectivity index (χ2v) is 4.11. The first-order valence-corrected chi connectivity index (χ1v) is 5.89. The Bertz CT molecular complexity index is 454. The first kappa shape index (κ1) is 22.5. The lowest BCUT2D eigenvalue weighted by Gasteiger charge is -2.09. The van der Waals surface area contributed by atoms with Gasteiger partial charge >= 0.3 is 23.9 Å². The van der Waals surface area contributed by atoms with Gasteiger partial charge in [-0.2, -0.15) is 0 Å². The Labute approximate surface area is 130 Å². The second kappa shape index (κ2) is 10.9. The lowest BCUT2D eigenvalue weighted by molar-refractivity contribution is -0.174. The van der Waals surface area contributed by atoms with Gasteiger partial charge in [0.15, 0.2) is 12.2 Å². The van der Waals surface area contributed by atoms with Crippen molar-refractivity contribution in [1.82, 2.24) is 0 Å². The van der Waals surface area contributed by atoms with Crippen LogP contribution in [0.4, 0.5) is 0 Å². The van der Waals surface area contributed by atoms with Gasteiger partial charge in [-0.3, -0.25) is 14.4 Å². The maximum Gasteiger partial charge on any atom is 0.343 e. The van der Waals surface area contributed by atoms with Gasteiger partial charge < -0.3 is 30.9 Å². The van der Waals surface area contributed by atoms with Crippen LogP contribution >= 0.6 is 0 Å². The molecule has 0 spiro atoms. The van der Waals surface area contributed by atoms with Gasteiger partial charge in [0.05, 0.1) is 12.8 Å². The standard InChI is InChI=1S/C8H10O9.C4H7NO/c9-3(1-5(11)12)7(15)17-8(16)4(10)2-6(13)14;1-3(2)4(5)6/h3-4,9-10H,1-2H2,(H,11,12)(H,13,14);1H2,2H3,(H2,5,6). The smallest absolute Gasteiger partial charge is 0.343 e. The molecule has 0 saturated carbocycles. The summed E-state index contributed by atoms with van der Waals surface area (Å²) in [5, 5.41) is 34.2. The predicted octanol–water partition coefficient (Wildman–Crippen LogP) is -2.22. The summed E-state index contributed by atoms with van der Waals surface area (Å²) in [4.78, 5) is 51.7. The average Bonchev–Trinajstić information content (AvgIpc) is 2.37. The van der Waals surface area contributed by atoms with Crippen molar-refractivity contribution >= 4 is 29.8 Å². The molecule has 23 heavy (non-hydrogen) atoms. The molecule has 0 aromatic rings. The van der Waals surface area contributed by atoms with E-state index in [4.69, 9.17) is 26.2 Å². The number of esters is 2. The van der Waals surface area contributed by atoms with Crippen LogP contribution in [-0.4, -0.2) is 62.4 Å². The Kier molecular flexibility index (Phi) is 10.6. The molecule has 0 aliphatic carbocycles. The largest absolute Gasteiger partial charge is 0.481 e. The number of aliphatic hydroxyl groups excluding tert-OH is 2. The molecule has 1 amide bonds. The number of carbonyl (C=O) groups excluding carboxylic acids is 3. The lowest BCUT2D eigenvalue weighted by atomic mass is 10.2. The molecule has 0 aromatic carbocycles. The maximum atomic E-state index is 10.9. The molecule has 11 nitrogen and oxygen atoms in total. The van der Waals surface area contributed by atoms with E-state index in [1.165, 1.54) is 0 Å². The highest BCUT2D eigenvalue weighted by molar-refractivity contribution is 5.92. The van der Waals surface area contributed by atoms with E-state index in [0.717, 1.165) is 0 Å². The zero-order chi connectivity index (χ0) is 18.7. The number of rotatable bonds is 7. The molecule has 130 valence electrons. The normalized spacial score (nSPS) is 12.0. The van der Waals surface area contributed by atoms with E-state index in [0.29, 0.717) is 5.57 Å². The highest BCUT2D eigenvalue weighted by atomic mass is 16.6. The molecule has 0 bridgehead atoms. The Morgan fingerprint density at radius 3 is 1.39 bits per heavy atom. The third-order valence-electron chi connectivity index (χ3n) is 1.90. The summed E-state index contributed by atoms with van der Waals surface area (Å²) in [6, 6.07) is 0. The van der Waals surface area contributed by atoms with E-state index in [-0.39, 0.29) is 0 Å². The molecule has 11 heteroatoms. The van der Waals surface area contributed by atoms with Crippen molar-refractivity contribution in [3.63, 3.8) is 0 Å². The quantitative estimate of drug-likeness (QED) is 0.192. The second-order valence-electron chi connectivity index (χ2n) is 4.11. The number of carboxylic acid groups (broad SMARTS) is 2. The number of carbonyl (C=O) groups is 5. The van der Waals surface area contributed by atoms with Gasteiger partial charge in [0.2, 0.25) is 5.91 Å². The molecule has 2 unspecified atom stereocenters. The number of nitrogens with two attached hydrogens (primary N) is 1. The van der Waals surface area contributed by atoms with Crippen molar-refractivity contribution in [2.24, 2.45) is 5.73 Å². The van der Waals surface area contributed by atoms with E-state index in [2.05, 4.69) is 11.3 Å². The van der Waals surface area contributed by atoms with Crippen LogP contribution in [0.1, 0.15) is 19.8 Å². The molecule has 0 fully saturated rings. The molecule has 0 saturated heterocycles. The van der Waals surface area contributed by atoms with Gasteiger partial charge in [-0.15, -0.1) is 0 Å². The summed E-state index contributed by atoms with van der Waals surface area (Å²) in [6.07, 6.45) is -6.07. The molecule has 0 aliphatic rings. The third-order valence-corrected chi connectivity index (χ3v) is 1.90. The topological polar surface area (TPSA) is 202 Å². The van der Waals surface area contributed by atoms with Crippen LogP contribution < -0.4 is 5.73 Å². The van der Waals surface area contributed by atoms with E-state index in [9.17, 15) is 24.0 Å². The number of carboxylic acids is 2. The lowest BCUT2D eigenvalue weighted by Crippen LogP contribution is -2.33. The number of amides is 1. The monoisotopic (exact) mass is 335 g/mol. The van der Waals surface area contributed by atoms with Gasteiger partial charge in [-0.25, -0.2) is 9.59 Å². The molecular weight excluding hydrogens is 318 g/mol. The van der Waals surface area contributed by atoms with Crippen LogP contribution in [0.5, 0.6) is 0 Å². The average molecular weight is 335 g/mol. The van der Waals surface area contributed by atoms with Gasteiger partial charge in [0.1, 0.15) is 0 Å². The third kappa shape index (κ3) is 12.6. The van der Waals surface area contributed by atoms with Crippen LogP contribution in [0, 0.1) is 0 Å². The molecule has 0 aromatic heterocycles. The highest BCUT2D eigenvalue weighted by Gasteiger charge is 2.27. The van der Waals surface area contributed by atoms with E-state index < -0.39 is 54.8 Å². The van der Waals surface area contributed by atoms with Crippen LogP contribution in [0.15, 0.2) is 12.2 Å². The Morgan fingerprint density at radius 1 is 0.957 bits per heavy atom. The van der Waals surface area contributed by atoms with Crippen molar-refractivity contribution in [2.75, 3.05) is 0 Å². The number of aliphatic carboxylic acids is 2. The van der Waals surface area contributed by atoms with Crippen molar-refractivity contribution in [3.8, 4) is 0 Å². The molecule has 2 atom stereocenters. The zero-order valence-electron chi connectivity index (χ0n) is 12.1. The predicted molar refractivity (Wildman–Crippen MR) is 71.6 cm³/mol. The summed E-state index contributed by atoms with van der Waals surface area (Å²) in [6.45, 7) is 4.85. The van der Waals surface area contributed by atoms with E-state index in [1.54, 1.807) is 6.92 Å². The van der Waals surface area contributed by atoms with Crippen LogP contribution in [0.25, 0.3) is 0 Å². The number of aliphatic hydroxyl groups is 2. The first-order chi connectivity index (χ1) is 10.4. The molecule has 6 N–H and O–H groups in total. The maximum absolute atomic E-state index is 10.9. The van der Waals surface area contributed by atoms with Crippen molar-refractivity contribution in [1.29, 1.82) is 0 Å². The Morgan fingerprint density at radius 2 is 1.22 bits per heavy atom. The minimum absolute atomic E-state index is 0.398. The highest BCUT2D eigenvalue weighted by Crippen LogP contribution is 2.00. The molecule has 0 heterocycles.